The SMILES string of the molecule is COC(=O)c1c(-n2c(C)cc(/C=C(/C#N)C(=O)Nc3ccc(Cl)cc3Cl)c2C)sc2c1CCCC2. The number of amides is 1. The Balaban J connectivity index is 1.73. The van der Waals surface area contributed by atoms with Gasteiger partial charge in [-0.1, -0.05) is 23.2 Å². The summed E-state index contributed by atoms with van der Waals surface area (Å²) in [5.41, 5.74) is 4.38. The van der Waals surface area contributed by atoms with Crippen LogP contribution in [-0.4, -0.2) is 23.6 Å². The van der Waals surface area contributed by atoms with Gasteiger partial charge in [0.1, 0.15) is 16.6 Å². The molecule has 1 aliphatic rings. The minimum atomic E-state index is -0.580. The molecule has 0 fully saturated rings. The molecule has 6 nitrogen and oxygen atoms in total. The van der Waals surface area contributed by atoms with Gasteiger partial charge >= 0.3 is 5.97 Å². The second-order valence-electron chi connectivity index (χ2n) is 8.29. The number of ether oxygens (including phenoxy) is 1. The van der Waals surface area contributed by atoms with E-state index < -0.39 is 5.91 Å². The second kappa shape index (κ2) is 10.3. The van der Waals surface area contributed by atoms with Gasteiger partial charge in [0, 0.05) is 21.3 Å². The summed E-state index contributed by atoms with van der Waals surface area (Å²) in [5, 5.41) is 13.9. The first kappa shape index (κ1) is 25.1. The number of aryl methyl sites for hydroxylation is 2. The van der Waals surface area contributed by atoms with Crippen LogP contribution in [0.15, 0.2) is 29.8 Å². The summed E-state index contributed by atoms with van der Waals surface area (Å²) in [6.07, 6.45) is 5.49. The smallest absolute Gasteiger partial charge is 0.341 e. The number of halogens is 2. The lowest BCUT2D eigenvalue weighted by Gasteiger charge is -2.12. The van der Waals surface area contributed by atoms with Crippen molar-refractivity contribution in [3.05, 3.63) is 72.8 Å². The zero-order chi connectivity index (χ0) is 25.3. The lowest BCUT2D eigenvalue weighted by Crippen LogP contribution is -2.13. The maximum Gasteiger partial charge on any atom is 0.341 e. The third kappa shape index (κ3) is 4.87. The maximum absolute atomic E-state index is 12.8. The van der Waals surface area contributed by atoms with Crippen molar-refractivity contribution in [1.29, 1.82) is 5.26 Å². The molecular weight excluding hydrogens is 505 g/mol. The molecule has 0 spiro atoms. The number of benzene rings is 1. The Morgan fingerprint density at radius 1 is 1.20 bits per heavy atom. The molecule has 0 radical (unpaired) electrons. The third-order valence-corrected chi connectivity index (χ3v) is 7.88. The molecule has 2 heterocycles. The molecule has 4 rings (SSSR count). The number of nitriles is 1. The molecule has 0 unspecified atom stereocenters. The highest BCUT2D eigenvalue weighted by Crippen LogP contribution is 2.39. The summed E-state index contributed by atoms with van der Waals surface area (Å²) in [6, 6.07) is 8.57. The number of thiophene rings is 1. The lowest BCUT2D eigenvalue weighted by atomic mass is 9.95. The van der Waals surface area contributed by atoms with E-state index in [1.54, 1.807) is 29.5 Å². The molecule has 0 atom stereocenters. The van der Waals surface area contributed by atoms with E-state index in [0.29, 0.717) is 21.8 Å². The van der Waals surface area contributed by atoms with Gasteiger partial charge in [0.15, 0.2) is 0 Å². The number of carbonyl (C=O) groups excluding carboxylic acids is 2. The van der Waals surface area contributed by atoms with Crippen molar-refractivity contribution in [3.8, 4) is 11.1 Å². The van der Waals surface area contributed by atoms with Gasteiger partial charge in [0.05, 0.1) is 23.4 Å². The van der Waals surface area contributed by atoms with Crippen LogP contribution in [0.1, 0.15) is 50.6 Å². The first-order valence-corrected chi connectivity index (χ1v) is 12.6. The number of anilines is 1. The molecule has 1 aliphatic carbocycles. The Morgan fingerprint density at radius 3 is 2.63 bits per heavy atom. The van der Waals surface area contributed by atoms with Crippen molar-refractivity contribution < 1.29 is 14.3 Å². The molecule has 0 saturated carbocycles. The molecule has 3 aromatic rings. The van der Waals surface area contributed by atoms with Gasteiger partial charge < -0.3 is 14.6 Å². The normalized spacial score (nSPS) is 13.2. The lowest BCUT2D eigenvalue weighted by molar-refractivity contribution is -0.112. The monoisotopic (exact) mass is 527 g/mol. The molecule has 9 heteroatoms. The van der Waals surface area contributed by atoms with Crippen LogP contribution in [0.25, 0.3) is 11.1 Å². The van der Waals surface area contributed by atoms with Crippen LogP contribution in [0.5, 0.6) is 0 Å². The number of carbonyl (C=O) groups is 2. The van der Waals surface area contributed by atoms with Crippen molar-refractivity contribution in [2.45, 2.75) is 39.5 Å². The Bertz CT molecular complexity index is 1410. The van der Waals surface area contributed by atoms with Crippen molar-refractivity contribution in [3.63, 3.8) is 0 Å². The Labute approximate surface area is 217 Å². The number of nitrogens with zero attached hydrogens (tertiary/aromatic N) is 2. The van der Waals surface area contributed by atoms with E-state index in [9.17, 15) is 14.9 Å². The molecule has 1 aromatic carbocycles. The highest BCUT2D eigenvalue weighted by molar-refractivity contribution is 7.15. The molecule has 0 saturated heterocycles. The summed E-state index contributed by atoms with van der Waals surface area (Å²) < 4.78 is 7.13. The summed E-state index contributed by atoms with van der Waals surface area (Å²) in [6.45, 7) is 3.84. The van der Waals surface area contributed by atoms with Gasteiger partial charge in [-0.25, -0.2) is 4.79 Å². The summed E-state index contributed by atoms with van der Waals surface area (Å²) in [5.74, 6) is -0.927. The van der Waals surface area contributed by atoms with Crippen LogP contribution < -0.4 is 5.32 Å². The highest BCUT2D eigenvalue weighted by Gasteiger charge is 2.28. The van der Waals surface area contributed by atoms with Crippen LogP contribution >= 0.6 is 34.5 Å². The van der Waals surface area contributed by atoms with Crippen molar-refractivity contribution in [2.24, 2.45) is 0 Å². The van der Waals surface area contributed by atoms with Gasteiger partial charge in [-0.3, -0.25) is 4.79 Å². The average molecular weight is 528 g/mol. The fraction of sp³-hybridized carbons (Fsp3) is 0.269. The molecule has 0 bridgehead atoms. The Kier molecular flexibility index (Phi) is 7.36. The number of aromatic nitrogens is 1. The zero-order valence-corrected chi connectivity index (χ0v) is 21.8. The number of rotatable bonds is 5. The standard InChI is InChI=1S/C26H23Cl2N3O3S/c1-14-10-16(11-17(13-29)24(32)30-21-9-8-18(27)12-20(21)28)15(2)31(14)25-23(26(33)34-3)19-6-4-5-7-22(19)35-25/h8-12H,4-7H2,1-3H3,(H,30,32)/b17-11-. The minimum Gasteiger partial charge on any atom is -0.465 e. The molecular formula is C26H23Cl2N3O3S. The second-order valence-corrected chi connectivity index (χ2v) is 10.2. The van der Waals surface area contributed by atoms with E-state index in [1.807, 2.05) is 30.6 Å². The largest absolute Gasteiger partial charge is 0.465 e. The van der Waals surface area contributed by atoms with Crippen molar-refractivity contribution >= 4 is 58.2 Å². The highest BCUT2D eigenvalue weighted by atomic mass is 35.5. The number of hydrogen-bond acceptors (Lipinski definition) is 5. The molecule has 180 valence electrons. The van der Waals surface area contributed by atoms with Crippen molar-refractivity contribution in [2.75, 3.05) is 12.4 Å². The third-order valence-electron chi connectivity index (χ3n) is 6.06. The fourth-order valence-corrected chi connectivity index (χ4v) is 6.30. The predicted molar refractivity (Wildman–Crippen MR) is 140 cm³/mol. The van der Waals surface area contributed by atoms with E-state index in [1.165, 1.54) is 18.1 Å². The fourth-order valence-electron chi connectivity index (χ4n) is 4.35. The van der Waals surface area contributed by atoms with E-state index in [0.717, 1.165) is 47.6 Å². The van der Waals surface area contributed by atoms with Crippen LogP contribution in [0.2, 0.25) is 10.0 Å². The van der Waals surface area contributed by atoms with E-state index in [-0.39, 0.29) is 16.6 Å². The number of nitrogens with one attached hydrogen (secondary N) is 1. The zero-order valence-electron chi connectivity index (χ0n) is 19.5. The molecule has 0 aliphatic heterocycles. The number of fused-ring (bicyclic) bond motifs is 1. The topological polar surface area (TPSA) is 84.1 Å². The molecule has 35 heavy (non-hydrogen) atoms. The molecule has 2 aromatic heterocycles. The predicted octanol–water partition coefficient (Wildman–Crippen LogP) is 6.67. The average Bonchev–Trinajstić information content (AvgIpc) is 3.34. The minimum absolute atomic E-state index is 0.0741. The van der Waals surface area contributed by atoms with Gasteiger partial charge in [-0.05, 0) is 81.0 Å². The van der Waals surface area contributed by atoms with Gasteiger partial charge in [-0.15, -0.1) is 11.3 Å². The van der Waals surface area contributed by atoms with Gasteiger partial charge in [0.2, 0.25) is 0 Å². The summed E-state index contributed by atoms with van der Waals surface area (Å²) in [7, 11) is 1.40. The molecule has 1 amide bonds. The molecule has 1 N–H and O–H groups in total. The van der Waals surface area contributed by atoms with Crippen LogP contribution in [0.4, 0.5) is 5.69 Å². The van der Waals surface area contributed by atoms with Crippen molar-refractivity contribution in [1.82, 2.24) is 4.57 Å². The van der Waals surface area contributed by atoms with Gasteiger partial charge in [0.25, 0.3) is 5.91 Å². The van der Waals surface area contributed by atoms with E-state index >= 15 is 0 Å². The Hall–Kier alpha value is -3.05. The number of methoxy groups -OCH3 is 1. The maximum atomic E-state index is 12.8. The summed E-state index contributed by atoms with van der Waals surface area (Å²) in [4.78, 5) is 26.8. The van der Waals surface area contributed by atoms with E-state index in [4.69, 9.17) is 27.9 Å². The van der Waals surface area contributed by atoms with Gasteiger partial charge in [-0.2, -0.15) is 5.26 Å². The first-order chi connectivity index (χ1) is 16.7. The van der Waals surface area contributed by atoms with E-state index in [2.05, 4.69) is 5.32 Å². The first-order valence-electron chi connectivity index (χ1n) is 11.1. The van der Waals surface area contributed by atoms with Crippen LogP contribution in [0.3, 0.4) is 0 Å². The quantitative estimate of drug-likeness (QED) is 0.228. The number of esters is 1. The summed E-state index contributed by atoms with van der Waals surface area (Å²) >= 11 is 13.7. The van der Waals surface area contributed by atoms with Crippen LogP contribution in [0, 0.1) is 25.2 Å². The Morgan fingerprint density at radius 2 is 1.94 bits per heavy atom. The van der Waals surface area contributed by atoms with Crippen LogP contribution in [-0.2, 0) is 22.4 Å². The number of hydrogen-bond donors (Lipinski definition) is 1.